The lowest BCUT2D eigenvalue weighted by Gasteiger charge is -2.17. The molecule has 10 heteroatoms. The highest BCUT2D eigenvalue weighted by molar-refractivity contribution is 8.18. The van der Waals surface area contributed by atoms with Crippen LogP contribution in [0.2, 0.25) is 0 Å². The molecule has 9 nitrogen and oxygen atoms in total. The molecule has 2 heterocycles. The average molecular weight is 433 g/mol. The van der Waals surface area contributed by atoms with Crippen molar-refractivity contribution in [3.63, 3.8) is 0 Å². The van der Waals surface area contributed by atoms with Gasteiger partial charge in [-0.3, -0.25) is 24.1 Å². The summed E-state index contributed by atoms with van der Waals surface area (Å²) in [6.07, 6.45) is 3.55. The number of benzene rings is 1. The molecule has 0 bridgehead atoms. The summed E-state index contributed by atoms with van der Waals surface area (Å²) in [4.78, 5) is 50.3. The number of carbonyl (C=O) groups is 4. The molecular formula is C20H23N3O6S. The Bertz CT molecular complexity index is 895. The van der Waals surface area contributed by atoms with Gasteiger partial charge in [0.15, 0.2) is 18.1 Å². The average Bonchev–Trinajstić information content (AvgIpc) is 3.32. The highest BCUT2D eigenvalue weighted by atomic mass is 32.2. The normalized spacial score (nSPS) is 17.7. The first-order chi connectivity index (χ1) is 14.4. The van der Waals surface area contributed by atoms with Crippen LogP contribution in [0.3, 0.4) is 0 Å². The van der Waals surface area contributed by atoms with Gasteiger partial charge in [-0.25, -0.2) is 0 Å². The van der Waals surface area contributed by atoms with E-state index in [4.69, 9.17) is 15.2 Å². The summed E-state index contributed by atoms with van der Waals surface area (Å²) in [6, 6.07) is 5.02. The Hall–Kier alpha value is -3.01. The number of amides is 4. The van der Waals surface area contributed by atoms with Crippen LogP contribution in [-0.2, 0) is 14.4 Å². The first-order valence-corrected chi connectivity index (χ1v) is 10.4. The second-order valence-electron chi connectivity index (χ2n) is 6.75. The van der Waals surface area contributed by atoms with Crippen LogP contribution in [0, 0.1) is 0 Å². The molecule has 1 aromatic rings. The summed E-state index contributed by atoms with van der Waals surface area (Å²) in [5.74, 6) is -0.553. The predicted octanol–water partition coefficient (Wildman–Crippen LogP) is 1.61. The molecule has 2 fully saturated rings. The monoisotopic (exact) mass is 433 g/mol. The summed E-state index contributed by atoms with van der Waals surface area (Å²) in [5, 5.41) is -0.546. The van der Waals surface area contributed by atoms with Gasteiger partial charge < -0.3 is 20.1 Å². The number of imide groups is 1. The van der Waals surface area contributed by atoms with Gasteiger partial charge in [0.25, 0.3) is 17.1 Å². The molecule has 30 heavy (non-hydrogen) atoms. The fourth-order valence-corrected chi connectivity index (χ4v) is 3.98. The Labute approximate surface area is 178 Å². The Morgan fingerprint density at radius 3 is 2.57 bits per heavy atom. The van der Waals surface area contributed by atoms with E-state index in [0.29, 0.717) is 23.7 Å². The van der Waals surface area contributed by atoms with Crippen molar-refractivity contribution in [1.82, 2.24) is 9.80 Å². The molecule has 0 radical (unpaired) electrons. The fourth-order valence-electron chi connectivity index (χ4n) is 3.14. The molecule has 0 atom stereocenters. The van der Waals surface area contributed by atoms with Gasteiger partial charge in [-0.15, -0.1) is 0 Å². The van der Waals surface area contributed by atoms with E-state index in [-0.39, 0.29) is 17.4 Å². The van der Waals surface area contributed by atoms with Gasteiger partial charge in [0.1, 0.15) is 6.54 Å². The second kappa shape index (κ2) is 9.66. The molecule has 4 amide bonds. The van der Waals surface area contributed by atoms with Gasteiger partial charge in [-0.05, 0) is 55.3 Å². The zero-order chi connectivity index (χ0) is 21.7. The predicted molar refractivity (Wildman–Crippen MR) is 111 cm³/mol. The van der Waals surface area contributed by atoms with Gasteiger partial charge >= 0.3 is 0 Å². The minimum absolute atomic E-state index is 0.0675. The van der Waals surface area contributed by atoms with Gasteiger partial charge in [0.2, 0.25) is 5.91 Å². The Balaban J connectivity index is 1.73. The molecule has 0 spiro atoms. The third kappa shape index (κ3) is 5.12. The molecule has 160 valence electrons. The van der Waals surface area contributed by atoms with Crippen molar-refractivity contribution >= 4 is 40.8 Å². The van der Waals surface area contributed by atoms with Gasteiger partial charge in [0, 0.05) is 13.1 Å². The van der Waals surface area contributed by atoms with E-state index >= 15 is 0 Å². The number of carbonyl (C=O) groups excluding carboxylic acids is 4. The van der Waals surface area contributed by atoms with E-state index < -0.39 is 23.6 Å². The molecule has 1 aromatic carbocycles. The first-order valence-electron chi connectivity index (χ1n) is 9.60. The molecule has 2 aliphatic rings. The lowest BCUT2D eigenvalue weighted by Crippen LogP contribution is -2.36. The third-order valence-corrected chi connectivity index (χ3v) is 5.47. The summed E-state index contributed by atoms with van der Waals surface area (Å²) in [7, 11) is 0. The van der Waals surface area contributed by atoms with Crippen LogP contribution in [0.1, 0.15) is 25.3 Å². The Morgan fingerprint density at radius 1 is 1.17 bits per heavy atom. The van der Waals surface area contributed by atoms with Crippen molar-refractivity contribution in [1.29, 1.82) is 0 Å². The quantitative estimate of drug-likeness (QED) is 0.619. The van der Waals surface area contributed by atoms with Crippen molar-refractivity contribution in [2.45, 2.75) is 19.8 Å². The molecule has 0 saturated carbocycles. The van der Waals surface area contributed by atoms with Crippen LogP contribution in [-0.4, -0.2) is 65.6 Å². The van der Waals surface area contributed by atoms with Crippen LogP contribution in [0.4, 0.5) is 4.79 Å². The van der Waals surface area contributed by atoms with Crippen LogP contribution >= 0.6 is 11.8 Å². The maximum absolute atomic E-state index is 12.3. The van der Waals surface area contributed by atoms with E-state index in [2.05, 4.69) is 0 Å². The second-order valence-corrected chi connectivity index (χ2v) is 7.74. The van der Waals surface area contributed by atoms with Crippen molar-refractivity contribution in [2.24, 2.45) is 5.73 Å². The molecule has 0 aliphatic carbocycles. The van der Waals surface area contributed by atoms with Crippen LogP contribution < -0.4 is 15.2 Å². The maximum Gasteiger partial charge on any atom is 0.294 e. The van der Waals surface area contributed by atoms with Crippen molar-refractivity contribution < 1.29 is 28.7 Å². The van der Waals surface area contributed by atoms with E-state index in [1.165, 1.54) is 6.08 Å². The minimum Gasteiger partial charge on any atom is -0.490 e. The largest absolute Gasteiger partial charge is 0.490 e. The van der Waals surface area contributed by atoms with E-state index in [0.717, 1.165) is 42.6 Å². The molecule has 0 aromatic heterocycles. The number of thioether (sulfide) groups is 1. The van der Waals surface area contributed by atoms with Crippen LogP contribution in [0.15, 0.2) is 23.1 Å². The van der Waals surface area contributed by atoms with Gasteiger partial charge in [-0.2, -0.15) is 0 Å². The summed E-state index contributed by atoms with van der Waals surface area (Å²) >= 11 is 0.739. The minimum atomic E-state index is -0.762. The topological polar surface area (TPSA) is 119 Å². The van der Waals surface area contributed by atoms with Gasteiger partial charge in [-0.1, -0.05) is 6.07 Å². The smallest absolute Gasteiger partial charge is 0.294 e. The number of hydrogen-bond acceptors (Lipinski definition) is 7. The summed E-state index contributed by atoms with van der Waals surface area (Å²) in [5.41, 5.74) is 5.70. The van der Waals surface area contributed by atoms with E-state index in [1.54, 1.807) is 23.1 Å². The maximum atomic E-state index is 12.3. The van der Waals surface area contributed by atoms with Crippen LogP contribution in [0.5, 0.6) is 11.5 Å². The van der Waals surface area contributed by atoms with Crippen molar-refractivity contribution in [2.75, 3.05) is 32.8 Å². The lowest BCUT2D eigenvalue weighted by atomic mass is 10.2. The van der Waals surface area contributed by atoms with Crippen LogP contribution in [0.25, 0.3) is 6.08 Å². The van der Waals surface area contributed by atoms with Crippen molar-refractivity contribution in [3.05, 3.63) is 28.7 Å². The molecule has 2 N–H and O–H groups in total. The van der Waals surface area contributed by atoms with Crippen molar-refractivity contribution in [3.8, 4) is 11.5 Å². The molecular weight excluding hydrogens is 410 g/mol. The molecule has 2 aliphatic heterocycles. The third-order valence-electron chi connectivity index (χ3n) is 4.56. The van der Waals surface area contributed by atoms with E-state index in [1.807, 2.05) is 6.92 Å². The number of primary amides is 1. The lowest BCUT2D eigenvalue weighted by molar-refractivity contribution is -0.132. The highest BCUT2D eigenvalue weighted by Gasteiger charge is 2.35. The molecule has 3 rings (SSSR count). The Kier molecular flexibility index (Phi) is 6.99. The number of likely N-dealkylation sites (tertiary alicyclic amines) is 1. The molecule has 0 unspecified atom stereocenters. The summed E-state index contributed by atoms with van der Waals surface area (Å²) < 4.78 is 11.3. The number of rotatable bonds is 8. The number of ether oxygens (including phenoxy) is 2. The highest BCUT2D eigenvalue weighted by Crippen LogP contribution is 2.34. The first kappa shape index (κ1) is 21.7. The zero-order valence-corrected chi connectivity index (χ0v) is 17.4. The number of nitrogens with two attached hydrogens (primary N) is 1. The molecule has 2 saturated heterocycles. The summed E-state index contributed by atoms with van der Waals surface area (Å²) in [6.45, 7) is 3.18. The fraction of sp³-hybridized carbons (Fsp3) is 0.400. The van der Waals surface area contributed by atoms with Gasteiger partial charge in [0.05, 0.1) is 11.5 Å². The standard InChI is InChI=1S/C20H23N3O6S/c1-2-28-15-9-13(10-16-19(26)23(11-17(21)24)20(27)30-16)5-6-14(15)29-12-18(25)22-7-3-4-8-22/h5-6,9-10H,2-4,7-8,11-12H2,1H3,(H2,21,24)/b16-10-. The number of hydrogen-bond donors (Lipinski definition) is 1. The number of nitrogens with zero attached hydrogens (tertiary/aromatic N) is 2. The van der Waals surface area contributed by atoms with E-state index in [9.17, 15) is 19.2 Å². The Morgan fingerprint density at radius 2 is 1.90 bits per heavy atom. The SMILES string of the molecule is CCOc1cc(/C=C2\SC(=O)N(CC(N)=O)C2=O)ccc1OCC(=O)N1CCCC1. The zero-order valence-electron chi connectivity index (χ0n) is 16.6.